The minimum absolute atomic E-state index is 0.0627. The van der Waals surface area contributed by atoms with Gasteiger partial charge in [-0.2, -0.15) is 5.26 Å². The molecule has 1 aromatic carbocycles. The highest BCUT2D eigenvalue weighted by molar-refractivity contribution is 6.38. The average Bonchev–Trinajstić information content (AvgIpc) is 3.05. The molecule has 0 aromatic heterocycles. The molecule has 9 heteroatoms. The predicted molar refractivity (Wildman–Crippen MR) is 114 cm³/mol. The number of nitrogens with one attached hydrogen (secondary N) is 1. The Bertz CT molecular complexity index is 881. The second-order valence-electron chi connectivity index (χ2n) is 8.09. The van der Waals surface area contributed by atoms with E-state index in [9.17, 15) is 9.59 Å². The molecule has 160 valence electrons. The van der Waals surface area contributed by atoms with Gasteiger partial charge in [0.05, 0.1) is 17.3 Å². The summed E-state index contributed by atoms with van der Waals surface area (Å²) < 4.78 is 5.43. The lowest BCUT2D eigenvalue weighted by atomic mass is 10.0. The fourth-order valence-corrected chi connectivity index (χ4v) is 3.04. The number of nitrogens with zero attached hydrogens (tertiary/aromatic N) is 4. The van der Waals surface area contributed by atoms with E-state index < -0.39 is 11.5 Å². The van der Waals surface area contributed by atoms with E-state index >= 15 is 0 Å². The Morgan fingerprint density at radius 3 is 2.83 bits per heavy atom. The first kappa shape index (κ1) is 22.9. The van der Waals surface area contributed by atoms with E-state index in [0.29, 0.717) is 24.3 Å². The molecule has 30 heavy (non-hydrogen) atoms. The highest BCUT2D eigenvalue weighted by atomic mass is 16.6. The van der Waals surface area contributed by atoms with Gasteiger partial charge >= 0.3 is 6.09 Å². The molecule has 1 aromatic rings. The van der Waals surface area contributed by atoms with Gasteiger partial charge < -0.3 is 20.7 Å². The van der Waals surface area contributed by atoms with Crippen LogP contribution in [0.5, 0.6) is 0 Å². The van der Waals surface area contributed by atoms with Crippen molar-refractivity contribution in [2.45, 2.75) is 45.8 Å². The molecule has 2 atom stereocenters. The summed E-state index contributed by atoms with van der Waals surface area (Å²) in [6.45, 7) is 8.37. The molecular formula is C21H28N6O3. The van der Waals surface area contributed by atoms with Crippen molar-refractivity contribution in [2.24, 2.45) is 21.6 Å². The molecule has 0 saturated carbocycles. The molecule has 1 aliphatic heterocycles. The van der Waals surface area contributed by atoms with Crippen molar-refractivity contribution in [3.8, 4) is 6.07 Å². The van der Waals surface area contributed by atoms with Crippen molar-refractivity contribution in [2.75, 3.05) is 13.1 Å². The molecule has 1 saturated heterocycles. The van der Waals surface area contributed by atoms with Gasteiger partial charge in [-0.3, -0.25) is 4.79 Å². The Morgan fingerprint density at radius 1 is 1.43 bits per heavy atom. The second kappa shape index (κ2) is 9.87. The SMILES string of the molecule is C[C@@H]1C(CNC(=O)C(N)=NC=Nc2cccc(C#N)c2)CCN1C(=O)OC(C)(C)C. The summed E-state index contributed by atoms with van der Waals surface area (Å²) in [5, 5.41) is 11.6. The summed E-state index contributed by atoms with van der Waals surface area (Å²) in [7, 11) is 0. The zero-order valence-corrected chi connectivity index (χ0v) is 17.8. The number of amidine groups is 1. The number of rotatable bonds is 4. The van der Waals surface area contributed by atoms with Gasteiger partial charge in [-0.1, -0.05) is 6.07 Å². The Balaban J connectivity index is 1.86. The number of ether oxygens (including phenoxy) is 1. The topological polar surface area (TPSA) is 133 Å². The molecule has 3 N–H and O–H groups in total. The summed E-state index contributed by atoms with van der Waals surface area (Å²) in [6.07, 6.45) is 1.59. The molecule has 1 unspecified atom stereocenters. The molecule has 9 nitrogen and oxygen atoms in total. The van der Waals surface area contributed by atoms with Gasteiger partial charge in [-0.05, 0) is 58.2 Å². The van der Waals surface area contributed by atoms with Crippen LogP contribution in [0.25, 0.3) is 0 Å². The minimum Gasteiger partial charge on any atom is -0.444 e. The zero-order valence-electron chi connectivity index (χ0n) is 17.8. The van der Waals surface area contributed by atoms with Gasteiger partial charge in [-0.25, -0.2) is 14.8 Å². The van der Waals surface area contributed by atoms with Crippen LogP contribution in [-0.2, 0) is 9.53 Å². The molecule has 0 aliphatic carbocycles. The Morgan fingerprint density at radius 2 is 2.17 bits per heavy atom. The molecule has 1 heterocycles. The van der Waals surface area contributed by atoms with Crippen molar-refractivity contribution in [3.05, 3.63) is 29.8 Å². The van der Waals surface area contributed by atoms with Gasteiger partial charge in [0, 0.05) is 19.1 Å². The fourth-order valence-electron chi connectivity index (χ4n) is 3.04. The maximum Gasteiger partial charge on any atom is 0.410 e. The molecule has 1 aliphatic rings. The monoisotopic (exact) mass is 412 g/mol. The largest absolute Gasteiger partial charge is 0.444 e. The predicted octanol–water partition coefficient (Wildman–Crippen LogP) is 2.34. The van der Waals surface area contributed by atoms with Crippen LogP contribution in [0.2, 0.25) is 0 Å². The van der Waals surface area contributed by atoms with E-state index in [0.717, 1.165) is 6.42 Å². The molecule has 2 rings (SSSR count). The highest BCUT2D eigenvalue weighted by Crippen LogP contribution is 2.25. The second-order valence-corrected chi connectivity index (χ2v) is 8.09. The van der Waals surface area contributed by atoms with E-state index in [1.165, 1.54) is 6.34 Å². The van der Waals surface area contributed by atoms with Gasteiger partial charge in [0.2, 0.25) is 0 Å². The van der Waals surface area contributed by atoms with Gasteiger partial charge in [0.1, 0.15) is 11.9 Å². The van der Waals surface area contributed by atoms with Crippen LogP contribution in [0.1, 0.15) is 39.7 Å². The standard InChI is InChI=1S/C21H28N6O3/c1-14-16(8-9-27(14)20(29)30-21(2,3)4)12-24-19(28)18(23)26-13-25-17-7-5-6-15(10-17)11-22/h5-7,10,13-14,16H,8-9,12H2,1-4H3,(H,24,28)(H2,23,25,26)/t14-,16?/m1/s1. The Labute approximate surface area is 176 Å². The lowest BCUT2D eigenvalue weighted by Gasteiger charge is -2.28. The van der Waals surface area contributed by atoms with Crippen LogP contribution in [0, 0.1) is 17.2 Å². The first-order valence-electron chi connectivity index (χ1n) is 9.74. The number of nitriles is 1. The Hall–Kier alpha value is -3.41. The molecule has 1 fully saturated rings. The van der Waals surface area contributed by atoms with Crippen molar-refractivity contribution in [1.29, 1.82) is 5.26 Å². The van der Waals surface area contributed by atoms with E-state index in [1.54, 1.807) is 29.2 Å². The van der Waals surface area contributed by atoms with Gasteiger partial charge in [0.25, 0.3) is 5.91 Å². The minimum atomic E-state index is -0.550. The number of likely N-dealkylation sites (tertiary alicyclic amines) is 1. The van der Waals surface area contributed by atoms with Crippen molar-refractivity contribution < 1.29 is 14.3 Å². The van der Waals surface area contributed by atoms with Crippen LogP contribution < -0.4 is 11.1 Å². The number of benzene rings is 1. The van der Waals surface area contributed by atoms with E-state index in [1.807, 2.05) is 33.8 Å². The van der Waals surface area contributed by atoms with Crippen LogP contribution in [0.4, 0.5) is 10.5 Å². The molecule has 0 radical (unpaired) electrons. The number of carbonyl (C=O) groups is 2. The number of aliphatic imine (C=N–C) groups is 2. The number of amides is 2. The normalized spacial score (nSPS) is 19.6. The number of nitrogens with two attached hydrogens (primary N) is 1. The van der Waals surface area contributed by atoms with Crippen molar-refractivity contribution >= 4 is 29.9 Å². The zero-order chi connectivity index (χ0) is 22.3. The molecule has 0 spiro atoms. The lowest BCUT2D eigenvalue weighted by molar-refractivity contribution is -0.115. The third-order valence-electron chi connectivity index (χ3n) is 4.68. The van der Waals surface area contributed by atoms with Gasteiger partial charge in [-0.15, -0.1) is 0 Å². The lowest BCUT2D eigenvalue weighted by Crippen LogP contribution is -2.43. The van der Waals surface area contributed by atoms with E-state index in [4.69, 9.17) is 15.7 Å². The third kappa shape index (κ3) is 6.58. The molecule has 2 amide bonds. The van der Waals surface area contributed by atoms with Crippen LogP contribution in [0.15, 0.2) is 34.3 Å². The van der Waals surface area contributed by atoms with Crippen LogP contribution in [0.3, 0.4) is 0 Å². The Kier molecular flexibility index (Phi) is 7.53. The summed E-state index contributed by atoms with van der Waals surface area (Å²) in [4.78, 5) is 34.1. The molecule has 0 bridgehead atoms. The maximum atomic E-state index is 12.3. The van der Waals surface area contributed by atoms with Crippen LogP contribution in [-0.4, -0.2) is 53.8 Å². The number of hydrogen-bond donors (Lipinski definition) is 2. The summed E-state index contributed by atoms with van der Waals surface area (Å²) in [5.74, 6) is -0.628. The summed E-state index contributed by atoms with van der Waals surface area (Å²) >= 11 is 0. The molecular weight excluding hydrogens is 384 g/mol. The maximum absolute atomic E-state index is 12.3. The van der Waals surface area contributed by atoms with Crippen LogP contribution >= 0.6 is 0 Å². The number of hydrogen-bond acceptors (Lipinski definition) is 5. The first-order chi connectivity index (χ1) is 14.1. The number of carbonyl (C=O) groups excluding carboxylic acids is 2. The van der Waals surface area contributed by atoms with Crippen molar-refractivity contribution in [3.63, 3.8) is 0 Å². The average molecular weight is 412 g/mol. The first-order valence-corrected chi connectivity index (χ1v) is 9.74. The smallest absolute Gasteiger partial charge is 0.410 e. The fraction of sp³-hybridized carbons (Fsp3) is 0.476. The third-order valence-corrected chi connectivity index (χ3v) is 4.68. The van der Waals surface area contributed by atoms with E-state index in [-0.39, 0.29) is 23.9 Å². The summed E-state index contributed by atoms with van der Waals surface area (Å²) in [6, 6.07) is 8.63. The van der Waals surface area contributed by atoms with Crippen molar-refractivity contribution in [1.82, 2.24) is 10.2 Å². The quantitative estimate of drug-likeness (QED) is 0.578. The van der Waals surface area contributed by atoms with Gasteiger partial charge in [0.15, 0.2) is 5.84 Å². The van der Waals surface area contributed by atoms with E-state index in [2.05, 4.69) is 15.3 Å². The highest BCUT2D eigenvalue weighted by Gasteiger charge is 2.36. The summed E-state index contributed by atoms with van der Waals surface area (Å²) in [5.41, 5.74) is 6.17.